The highest BCUT2D eigenvalue weighted by Crippen LogP contribution is 2.27. The fourth-order valence-corrected chi connectivity index (χ4v) is 4.98. The van der Waals surface area contributed by atoms with Gasteiger partial charge in [0.2, 0.25) is 5.91 Å². The molecule has 1 aliphatic carbocycles. The fourth-order valence-electron chi connectivity index (χ4n) is 3.19. The molecular weight excluding hydrogens is 412 g/mol. The minimum absolute atomic E-state index is 0.107. The molecule has 1 aliphatic rings. The Morgan fingerprint density at radius 3 is 2.92 bits per heavy atom. The zero-order chi connectivity index (χ0) is 18.4. The highest BCUT2D eigenvalue weighted by atomic mass is 79.9. The largest absolute Gasteiger partial charge is 0.496 e. The third-order valence-corrected chi connectivity index (χ3v) is 6.47. The summed E-state index contributed by atoms with van der Waals surface area (Å²) in [6, 6.07) is 5.93. The smallest absolute Gasteiger partial charge is 0.220 e. The zero-order valence-corrected chi connectivity index (χ0v) is 17.5. The molecule has 1 amide bonds. The maximum atomic E-state index is 12.0. The number of carbonyl (C=O) groups is 1. The number of aromatic nitrogens is 1. The fraction of sp³-hybridized carbons (Fsp3) is 0.500. The van der Waals surface area contributed by atoms with Gasteiger partial charge in [-0.05, 0) is 72.2 Å². The van der Waals surface area contributed by atoms with Crippen LogP contribution in [0.2, 0.25) is 0 Å². The molecule has 0 saturated heterocycles. The molecule has 0 spiro atoms. The van der Waals surface area contributed by atoms with Crippen molar-refractivity contribution in [2.75, 3.05) is 13.7 Å². The second-order valence-corrected chi connectivity index (χ2v) is 8.63. The molecule has 0 fully saturated rings. The number of amides is 1. The number of nitrogens with zero attached hydrogens (tertiary/aromatic N) is 1. The van der Waals surface area contributed by atoms with Crippen LogP contribution in [0.4, 0.5) is 0 Å². The molecule has 6 heteroatoms. The number of fused-ring (bicyclic) bond motifs is 1. The number of aryl methyl sites for hydroxylation is 4. The minimum Gasteiger partial charge on any atom is -0.496 e. The normalized spacial score (nSPS) is 13.3. The number of thiazole rings is 1. The quantitative estimate of drug-likeness (QED) is 0.620. The Balaban J connectivity index is 1.35. The summed E-state index contributed by atoms with van der Waals surface area (Å²) in [6.07, 6.45) is 8.06. The van der Waals surface area contributed by atoms with Gasteiger partial charge in [0.1, 0.15) is 5.75 Å². The van der Waals surface area contributed by atoms with E-state index in [1.165, 1.54) is 34.8 Å². The van der Waals surface area contributed by atoms with Crippen molar-refractivity contribution in [1.29, 1.82) is 0 Å². The van der Waals surface area contributed by atoms with E-state index in [0.29, 0.717) is 6.42 Å². The van der Waals surface area contributed by atoms with Crippen LogP contribution in [-0.2, 0) is 30.5 Å². The van der Waals surface area contributed by atoms with E-state index in [0.717, 1.165) is 48.0 Å². The maximum Gasteiger partial charge on any atom is 0.220 e. The zero-order valence-electron chi connectivity index (χ0n) is 15.1. The summed E-state index contributed by atoms with van der Waals surface area (Å²) in [5.74, 6) is 0.914. The molecule has 140 valence electrons. The van der Waals surface area contributed by atoms with E-state index in [1.807, 2.05) is 29.5 Å². The molecule has 0 saturated carbocycles. The van der Waals surface area contributed by atoms with Gasteiger partial charge in [-0.15, -0.1) is 11.3 Å². The summed E-state index contributed by atoms with van der Waals surface area (Å²) in [5, 5.41) is 4.25. The van der Waals surface area contributed by atoms with Gasteiger partial charge in [0.05, 0.1) is 22.3 Å². The van der Waals surface area contributed by atoms with Crippen LogP contribution in [0.1, 0.15) is 46.8 Å². The SMILES string of the molecule is COc1ccc(CCC(=O)NCCCc2nc3c(s2)CCCC3)cc1Br. The average molecular weight is 437 g/mol. The second-order valence-electron chi connectivity index (χ2n) is 6.61. The molecular formula is C20H25BrN2O2S. The van der Waals surface area contributed by atoms with Gasteiger partial charge in [-0.25, -0.2) is 4.98 Å². The first-order valence-electron chi connectivity index (χ1n) is 9.22. The lowest BCUT2D eigenvalue weighted by molar-refractivity contribution is -0.121. The predicted molar refractivity (Wildman–Crippen MR) is 109 cm³/mol. The molecule has 2 aromatic rings. The van der Waals surface area contributed by atoms with Crippen molar-refractivity contribution in [3.8, 4) is 5.75 Å². The number of rotatable bonds is 8. The van der Waals surface area contributed by atoms with Crippen LogP contribution in [0.15, 0.2) is 22.7 Å². The van der Waals surface area contributed by atoms with E-state index in [-0.39, 0.29) is 5.91 Å². The van der Waals surface area contributed by atoms with Crippen LogP contribution in [-0.4, -0.2) is 24.5 Å². The summed E-state index contributed by atoms with van der Waals surface area (Å²) >= 11 is 5.35. The molecule has 1 heterocycles. The van der Waals surface area contributed by atoms with Gasteiger partial charge in [0, 0.05) is 24.3 Å². The Hall–Kier alpha value is -1.40. The Morgan fingerprint density at radius 2 is 2.15 bits per heavy atom. The highest BCUT2D eigenvalue weighted by molar-refractivity contribution is 9.10. The molecule has 0 atom stereocenters. The van der Waals surface area contributed by atoms with Crippen LogP contribution in [0.3, 0.4) is 0 Å². The van der Waals surface area contributed by atoms with E-state index >= 15 is 0 Å². The number of carbonyl (C=O) groups excluding carboxylic acids is 1. The van der Waals surface area contributed by atoms with Gasteiger partial charge in [-0.2, -0.15) is 0 Å². The van der Waals surface area contributed by atoms with E-state index in [4.69, 9.17) is 9.72 Å². The van der Waals surface area contributed by atoms with Gasteiger partial charge in [-0.1, -0.05) is 6.07 Å². The number of nitrogens with one attached hydrogen (secondary N) is 1. The van der Waals surface area contributed by atoms with E-state index in [9.17, 15) is 4.79 Å². The van der Waals surface area contributed by atoms with Crippen LogP contribution in [0, 0.1) is 0 Å². The maximum absolute atomic E-state index is 12.0. The first-order valence-corrected chi connectivity index (χ1v) is 10.8. The summed E-state index contributed by atoms with van der Waals surface area (Å²) < 4.78 is 6.14. The number of halogens is 1. The van der Waals surface area contributed by atoms with Gasteiger partial charge in [0.15, 0.2) is 0 Å². The molecule has 1 N–H and O–H groups in total. The van der Waals surface area contributed by atoms with E-state index in [2.05, 4.69) is 21.2 Å². The molecule has 0 unspecified atom stereocenters. The summed E-state index contributed by atoms with van der Waals surface area (Å²) in [7, 11) is 1.65. The minimum atomic E-state index is 0.107. The summed E-state index contributed by atoms with van der Waals surface area (Å²) in [4.78, 5) is 18.3. The highest BCUT2D eigenvalue weighted by Gasteiger charge is 2.14. The van der Waals surface area contributed by atoms with Crippen LogP contribution >= 0.6 is 27.3 Å². The van der Waals surface area contributed by atoms with Gasteiger partial charge in [-0.3, -0.25) is 4.79 Å². The van der Waals surface area contributed by atoms with Crippen LogP contribution in [0.25, 0.3) is 0 Å². The topological polar surface area (TPSA) is 51.2 Å². The number of ether oxygens (including phenoxy) is 1. The molecule has 1 aromatic heterocycles. The van der Waals surface area contributed by atoms with E-state index < -0.39 is 0 Å². The number of methoxy groups -OCH3 is 1. The standard InChI is InChI=1S/C20H25BrN2O2S/c1-25-17-10-8-14(13-15(17)21)9-11-19(24)22-12-4-7-20-23-16-5-2-3-6-18(16)26-20/h8,10,13H,2-7,9,11-12H2,1H3,(H,22,24). The third kappa shape index (κ3) is 5.30. The predicted octanol–water partition coefficient (Wildman–Crippen LogP) is 4.47. The average Bonchev–Trinajstić information content (AvgIpc) is 3.06. The van der Waals surface area contributed by atoms with Crippen molar-refractivity contribution in [3.05, 3.63) is 43.8 Å². The van der Waals surface area contributed by atoms with Gasteiger partial charge in [0.25, 0.3) is 0 Å². The van der Waals surface area contributed by atoms with Crippen molar-refractivity contribution in [2.45, 2.75) is 51.4 Å². The molecule has 3 rings (SSSR count). The number of hydrogen-bond acceptors (Lipinski definition) is 4. The monoisotopic (exact) mass is 436 g/mol. The molecule has 0 aliphatic heterocycles. The van der Waals surface area contributed by atoms with Crippen molar-refractivity contribution < 1.29 is 9.53 Å². The first kappa shape index (κ1) is 19.4. The molecule has 26 heavy (non-hydrogen) atoms. The van der Waals surface area contributed by atoms with Crippen molar-refractivity contribution in [2.24, 2.45) is 0 Å². The van der Waals surface area contributed by atoms with Gasteiger partial charge < -0.3 is 10.1 Å². The molecule has 1 aromatic carbocycles. The number of hydrogen-bond donors (Lipinski definition) is 1. The summed E-state index contributed by atoms with van der Waals surface area (Å²) in [6.45, 7) is 0.718. The lowest BCUT2D eigenvalue weighted by Gasteiger charge is -2.07. The van der Waals surface area contributed by atoms with Crippen LogP contribution in [0.5, 0.6) is 5.75 Å². The Kier molecular flexibility index (Phi) is 7.08. The third-order valence-electron chi connectivity index (χ3n) is 4.64. The van der Waals surface area contributed by atoms with Crippen LogP contribution < -0.4 is 10.1 Å². The first-order chi connectivity index (χ1) is 12.7. The Labute approximate surface area is 167 Å². The van der Waals surface area contributed by atoms with Crippen molar-refractivity contribution in [3.63, 3.8) is 0 Å². The lowest BCUT2D eigenvalue weighted by atomic mass is 10.0. The lowest BCUT2D eigenvalue weighted by Crippen LogP contribution is -2.24. The van der Waals surface area contributed by atoms with Crippen molar-refractivity contribution >= 4 is 33.2 Å². The van der Waals surface area contributed by atoms with E-state index in [1.54, 1.807) is 7.11 Å². The Morgan fingerprint density at radius 1 is 1.31 bits per heavy atom. The second kappa shape index (κ2) is 9.51. The molecule has 0 bridgehead atoms. The molecule has 4 nitrogen and oxygen atoms in total. The number of benzene rings is 1. The molecule has 0 radical (unpaired) electrons. The van der Waals surface area contributed by atoms with Crippen molar-refractivity contribution in [1.82, 2.24) is 10.3 Å². The Bertz CT molecular complexity index is 737. The summed E-state index contributed by atoms with van der Waals surface area (Å²) in [5.41, 5.74) is 2.45. The van der Waals surface area contributed by atoms with Gasteiger partial charge >= 0.3 is 0 Å².